The zero-order valence-corrected chi connectivity index (χ0v) is 21.7. The van der Waals surface area contributed by atoms with E-state index in [1.54, 1.807) is 0 Å². The molecule has 2 saturated heterocycles. The van der Waals surface area contributed by atoms with Crippen LogP contribution in [0.4, 0.5) is 30.7 Å². The number of piperidine rings is 1. The van der Waals surface area contributed by atoms with Crippen molar-refractivity contribution < 1.29 is 49.9 Å². The first-order valence-electron chi connectivity index (χ1n) is 12.4. The fourth-order valence-electron chi connectivity index (χ4n) is 5.49. The summed E-state index contributed by atoms with van der Waals surface area (Å²) in [5, 5.41) is 1.01. The van der Waals surface area contributed by atoms with Gasteiger partial charge in [-0.1, -0.05) is 12.1 Å². The van der Waals surface area contributed by atoms with E-state index in [0.717, 1.165) is 5.06 Å². The second kappa shape index (κ2) is 11.0. The lowest BCUT2D eigenvalue weighted by molar-refractivity contribution is -0.176. The van der Waals surface area contributed by atoms with Gasteiger partial charge in [0.2, 0.25) is 11.8 Å². The number of carbonyl (C=O) groups excluding carboxylic acids is 2. The van der Waals surface area contributed by atoms with Crippen molar-refractivity contribution in [2.75, 3.05) is 20.7 Å². The van der Waals surface area contributed by atoms with Crippen LogP contribution in [0.5, 0.6) is 0 Å². The average Bonchev–Trinajstić information content (AvgIpc) is 3.25. The molecule has 218 valence electrons. The Hall–Kier alpha value is -3.19. The van der Waals surface area contributed by atoms with E-state index in [4.69, 9.17) is 9.57 Å². The quantitative estimate of drug-likeness (QED) is 0.326. The number of carbonyl (C=O) groups is 2. The monoisotopic (exact) mass is 576 g/mol. The summed E-state index contributed by atoms with van der Waals surface area (Å²) in [4.78, 5) is 32.3. The molecule has 0 saturated carbocycles. The van der Waals surface area contributed by atoms with E-state index in [9.17, 15) is 40.3 Å². The van der Waals surface area contributed by atoms with Gasteiger partial charge in [0.25, 0.3) is 0 Å². The van der Waals surface area contributed by atoms with Crippen LogP contribution in [0.25, 0.3) is 0 Å². The molecule has 13 heteroatoms. The van der Waals surface area contributed by atoms with Gasteiger partial charge in [-0.2, -0.15) is 26.3 Å². The number of hydrogen-bond donors (Lipinski definition) is 0. The molecular formula is C27H27F7N2O4. The molecule has 2 aliphatic rings. The third-order valence-corrected chi connectivity index (χ3v) is 7.51. The van der Waals surface area contributed by atoms with Crippen LogP contribution in [0.15, 0.2) is 42.5 Å². The van der Waals surface area contributed by atoms with Crippen molar-refractivity contribution in [3.05, 3.63) is 70.5 Å². The highest BCUT2D eigenvalue weighted by atomic mass is 19.4. The van der Waals surface area contributed by atoms with Crippen molar-refractivity contribution in [2.24, 2.45) is 5.92 Å². The lowest BCUT2D eigenvalue weighted by Gasteiger charge is -2.37. The lowest BCUT2D eigenvalue weighted by Crippen LogP contribution is -2.48. The van der Waals surface area contributed by atoms with Crippen LogP contribution in [0, 0.1) is 11.7 Å². The number of benzene rings is 2. The summed E-state index contributed by atoms with van der Waals surface area (Å²) in [5.41, 5.74) is -2.73. The molecule has 1 unspecified atom stereocenters. The number of halogens is 7. The third-order valence-electron chi connectivity index (χ3n) is 7.51. The molecule has 0 radical (unpaired) electrons. The highest BCUT2D eigenvalue weighted by molar-refractivity contribution is 5.87. The second-order valence-corrected chi connectivity index (χ2v) is 10.0. The first kappa shape index (κ1) is 29.8. The van der Waals surface area contributed by atoms with Gasteiger partial charge in [0.05, 0.1) is 36.4 Å². The second-order valence-electron chi connectivity index (χ2n) is 10.0. The molecular weight excluding hydrogens is 549 g/mol. The summed E-state index contributed by atoms with van der Waals surface area (Å²) in [7, 11) is 2.71. The Labute approximate surface area is 225 Å². The molecule has 5 atom stereocenters. The molecule has 2 aromatic carbocycles. The van der Waals surface area contributed by atoms with E-state index in [-0.39, 0.29) is 36.9 Å². The Morgan fingerprint density at radius 3 is 2.12 bits per heavy atom. The highest BCUT2D eigenvalue weighted by Crippen LogP contribution is 2.45. The Morgan fingerprint density at radius 2 is 1.60 bits per heavy atom. The zero-order chi connectivity index (χ0) is 29.6. The van der Waals surface area contributed by atoms with E-state index in [1.165, 1.54) is 50.2 Å². The molecule has 0 N–H and O–H groups in total. The van der Waals surface area contributed by atoms with Gasteiger partial charge in [0, 0.05) is 32.0 Å². The van der Waals surface area contributed by atoms with Crippen molar-refractivity contribution in [2.45, 2.75) is 56.3 Å². The summed E-state index contributed by atoms with van der Waals surface area (Å²) in [6.45, 7) is 1.32. The molecule has 40 heavy (non-hydrogen) atoms. The predicted molar refractivity (Wildman–Crippen MR) is 127 cm³/mol. The number of amides is 2. The average molecular weight is 577 g/mol. The molecule has 2 fully saturated rings. The summed E-state index contributed by atoms with van der Waals surface area (Å²) in [6.07, 6.45) is -12.1. The predicted octanol–water partition coefficient (Wildman–Crippen LogP) is 5.73. The van der Waals surface area contributed by atoms with Crippen LogP contribution in [0.1, 0.15) is 54.0 Å². The van der Waals surface area contributed by atoms with Crippen molar-refractivity contribution >= 4 is 11.8 Å². The highest BCUT2D eigenvalue weighted by Gasteiger charge is 2.51. The molecule has 0 aliphatic carbocycles. The lowest BCUT2D eigenvalue weighted by atomic mass is 9.81. The van der Waals surface area contributed by atoms with Gasteiger partial charge < -0.3 is 9.64 Å². The molecule has 0 aromatic heterocycles. The van der Waals surface area contributed by atoms with Crippen molar-refractivity contribution in [3.8, 4) is 0 Å². The SMILES string of the molecule is CON(C)C(=O)C1CC(=O)N2C[C@H](O[C@H](C)c3cc(C(F)(F)F)cc(C(F)(F)F)c3)[C@@H](c3ccc(F)cc3)[C@@H]2C1. The summed E-state index contributed by atoms with van der Waals surface area (Å²) in [5.74, 6) is -2.67. The van der Waals surface area contributed by atoms with Crippen molar-refractivity contribution in [1.82, 2.24) is 9.96 Å². The summed E-state index contributed by atoms with van der Waals surface area (Å²) < 4.78 is 100. The van der Waals surface area contributed by atoms with Crippen LogP contribution in [-0.2, 0) is 31.5 Å². The molecule has 2 amide bonds. The Kier molecular flexibility index (Phi) is 8.19. The number of alkyl halides is 6. The maximum absolute atomic E-state index is 13.7. The van der Waals surface area contributed by atoms with Crippen LogP contribution in [0.2, 0.25) is 0 Å². The minimum Gasteiger partial charge on any atom is -0.368 e. The first-order chi connectivity index (χ1) is 18.6. The van der Waals surface area contributed by atoms with Gasteiger partial charge in [-0.05, 0) is 54.8 Å². The van der Waals surface area contributed by atoms with Crippen LogP contribution < -0.4 is 0 Å². The molecule has 0 spiro atoms. The molecule has 0 bridgehead atoms. The summed E-state index contributed by atoms with van der Waals surface area (Å²) >= 11 is 0. The van der Waals surface area contributed by atoms with E-state index in [1.807, 2.05) is 0 Å². The van der Waals surface area contributed by atoms with Gasteiger partial charge in [-0.25, -0.2) is 9.45 Å². The third kappa shape index (κ3) is 6.09. The normalized spacial score (nSPS) is 24.1. The van der Waals surface area contributed by atoms with Gasteiger partial charge >= 0.3 is 12.4 Å². The fourth-order valence-corrected chi connectivity index (χ4v) is 5.49. The maximum Gasteiger partial charge on any atom is 0.416 e. The zero-order valence-electron chi connectivity index (χ0n) is 21.7. The minimum absolute atomic E-state index is 0.0119. The van der Waals surface area contributed by atoms with Crippen LogP contribution in [-0.4, -0.2) is 54.6 Å². The number of fused-ring (bicyclic) bond motifs is 1. The van der Waals surface area contributed by atoms with E-state index >= 15 is 0 Å². The topological polar surface area (TPSA) is 59.1 Å². The van der Waals surface area contributed by atoms with E-state index < -0.39 is 65.3 Å². The van der Waals surface area contributed by atoms with Crippen molar-refractivity contribution in [1.29, 1.82) is 0 Å². The number of ether oxygens (including phenoxy) is 1. The number of nitrogens with zero attached hydrogens (tertiary/aromatic N) is 2. The Morgan fingerprint density at radius 1 is 1.02 bits per heavy atom. The van der Waals surface area contributed by atoms with Gasteiger partial charge in [-0.3, -0.25) is 14.4 Å². The van der Waals surface area contributed by atoms with Gasteiger partial charge in [0.1, 0.15) is 5.82 Å². The molecule has 2 aliphatic heterocycles. The largest absolute Gasteiger partial charge is 0.416 e. The molecule has 2 heterocycles. The number of rotatable bonds is 6. The Balaban J connectivity index is 1.69. The van der Waals surface area contributed by atoms with Crippen LogP contribution >= 0.6 is 0 Å². The van der Waals surface area contributed by atoms with Gasteiger partial charge in [-0.15, -0.1) is 0 Å². The molecule has 4 rings (SSSR count). The smallest absolute Gasteiger partial charge is 0.368 e. The van der Waals surface area contributed by atoms with E-state index in [2.05, 4.69) is 0 Å². The fraction of sp³-hybridized carbons (Fsp3) is 0.481. The summed E-state index contributed by atoms with van der Waals surface area (Å²) in [6, 6.07) is 6.03. The number of hydroxylamine groups is 2. The van der Waals surface area contributed by atoms with Crippen molar-refractivity contribution in [3.63, 3.8) is 0 Å². The van der Waals surface area contributed by atoms with Crippen LogP contribution in [0.3, 0.4) is 0 Å². The standard InChI is InChI=1S/C27H27F7N2O4/c1-14(16-8-18(26(29,30)31)12-19(9-16)27(32,33)34)40-22-13-36-21(24(22)15-4-6-20(28)7-5-15)10-17(11-23(36)37)25(38)35(2)39-3/h4-9,12,14,17,21-22,24H,10-11,13H2,1-3H3/t14-,17?,21+,22+,24+/m1/s1. The number of hydrogen-bond acceptors (Lipinski definition) is 4. The molecule has 6 nitrogen and oxygen atoms in total. The van der Waals surface area contributed by atoms with Gasteiger partial charge in [0.15, 0.2) is 0 Å². The first-order valence-corrected chi connectivity index (χ1v) is 12.4. The molecule has 2 aromatic rings. The Bertz CT molecular complexity index is 1220. The minimum atomic E-state index is -5.02. The maximum atomic E-state index is 13.7. The van der Waals surface area contributed by atoms with E-state index in [0.29, 0.717) is 17.7 Å².